The molecule has 1 aliphatic carbocycles. The van der Waals surface area contributed by atoms with Crippen molar-refractivity contribution in [1.29, 1.82) is 0 Å². The van der Waals surface area contributed by atoms with Crippen molar-refractivity contribution in [1.82, 2.24) is 0 Å². The molecule has 5 heteroatoms. The summed E-state index contributed by atoms with van der Waals surface area (Å²) in [5, 5.41) is 36.8. The monoisotopic (exact) mass is 342 g/mol. The van der Waals surface area contributed by atoms with Crippen LogP contribution >= 0.6 is 0 Å². The van der Waals surface area contributed by atoms with Gasteiger partial charge in [0.1, 0.15) is 6.04 Å². The number of aliphatic hydroxyl groups is 2. The van der Waals surface area contributed by atoms with Crippen molar-refractivity contribution in [3.05, 3.63) is 35.0 Å². The van der Waals surface area contributed by atoms with Crippen molar-refractivity contribution in [3.63, 3.8) is 0 Å². The van der Waals surface area contributed by atoms with Gasteiger partial charge in [-0.2, -0.15) is 0 Å². The maximum atomic E-state index is 14.1. The molecule has 2 N–H and O–H groups in total. The van der Waals surface area contributed by atoms with Gasteiger partial charge in [-0.25, -0.2) is 0 Å². The minimum atomic E-state index is -0.824. The van der Waals surface area contributed by atoms with Crippen LogP contribution in [0.5, 0.6) is 0 Å². The molecule has 6 aliphatic rings. The summed E-state index contributed by atoms with van der Waals surface area (Å²) in [5.74, 6) is 0.343. The number of piperidine rings is 4. The molecule has 25 heavy (non-hydrogen) atoms. The molecule has 0 radical (unpaired) electrons. The number of fused-ring (bicyclic) bond motifs is 2. The summed E-state index contributed by atoms with van der Waals surface area (Å²) in [6.07, 6.45) is 1.09. The standard InChI is InChI=1S/C20H26N2O3/c1-3-10-11-8-14-17-20(12-6-4-5-7-13(12)21(17)2)9-15(16(11)18(20)23)22(14,25)19(10)24/h4-7,10-11,14-19,23-24H,3,8-9H2,1-2H3/t10-,11-,14-,15-,16?,17-,18?,19+,20+,22?/m0/s1. The van der Waals surface area contributed by atoms with Crippen LogP contribution in [-0.4, -0.2) is 52.4 Å². The first kappa shape index (κ1) is 15.0. The van der Waals surface area contributed by atoms with Crippen LogP contribution < -0.4 is 4.90 Å². The highest BCUT2D eigenvalue weighted by atomic mass is 16.6. The lowest BCUT2D eigenvalue weighted by Gasteiger charge is -2.70. The van der Waals surface area contributed by atoms with Gasteiger partial charge in [0.2, 0.25) is 0 Å². The third-order valence-electron chi connectivity index (χ3n) is 8.84. The molecular weight excluding hydrogens is 316 g/mol. The van der Waals surface area contributed by atoms with E-state index in [1.807, 2.05) is 6.07 Å². The molecular formula is C20H26N2O3. The van der Waals surface area contributed by atoms with E-state index in [0.717, 1.165) is 24.9 Å². The Bertz CT molecular complexity index is 771. The minimum absolute atomic E-state index is 0.00361. The molecule has 3 unspecified atom stereocenters. The lowest BCUT2D eigenvalue weighted by molar-refractivity contribution is -1.00. The first-order valence-electron chi connectivity index (χ1n) is 9.75. The highest BCUT2D eigenvalue weighted by molar-refractivity contribution is 5.66. The fourth-order valence-corrected chi connectivity index (χ4v) is 8.17. The van der Waals surface area contributed by atoms with E-state index in [2.05, 4.69) is 37.1 Å². The molecule has 1 saturated carbocycles. The minimum Gasteiger partial charge on any atom is -0.630 e. The largest absolute Gasteiger partial charge is 0.630 e. The second-order valence-corrected chi connectivity index (χ2v) is 9.12. The van der Waals surface area contributed by atoms with E-state index in [-0.39, 0.29) is 41.3 Å². The Hall–Kier alpha value is -1.14. The summed E-state index contributed by atoms with van der Waals surface area (Å²) < 4.78 is -0.471. The van der Waals surface area contributed by atoms with E-state index >= 15 is 0 Å². The van der Waals surface area contributed by atoms with Crippen molar-refractivity contribution in [3.8, 4) is 0 Å². The quantitative estimate of drug-likeness (QED) is 0.600. The fraction of sp³-hybridized carbons (Fsp3) is 0.700. The van der Waals surface area contributed by atoms with Gasteiger partial charge in [-0.05, 0) is 24.0 Å². The number of likely N-dealkylation sites (N-methyl/N-ethyl adjacent to an activating group) is 1. The molecule has 5 fully saturated rings. The third kappa shape index (κ3) is 1.26. The molecule has 0 amide bonds. The second kappa shape index (κ2) is 4.22. The molecule has 5 bridgehead atoms. The van der Waals surface area contributed by atoms with Crippen LogP contribution in [-0.2, 0) is 5.41 Å². The first-order chi connectivity index (χ1) is 12.0. The molecule has 134 valence electrons. The topological polar surface area (TPSA) is 66.8 Å². The van der Waals surface area contributed by atoms with Crippen molar-refractivity contribution in [2.75, 3.05) is 11.9 Å². The van der Waals surface area contributed by atoms with Gasteiger partial charge < -0.3 is 25.0 Å². The zero-order valence-electron chi connectivity index (χ0n) is 14.7. The Balaban J connectivity index is 1.63. The maximum Gasteiger partial charge on any atom is 0.193 e. The number of hydrogen-bond donors (Lipinski definition) is 2. The van der Waals surface area contributed by atoms with E-state index in [1.54, 1.807) is 0 Å². The van der Waals surface area contributed by atoms with Crippen molar-refractivity contribution in [2.24, 2.45) is 17.8 Å². The summed E-state index contributed by atoms with van der Waals surface area (Å²) >= 11 is 0. The molecule has 4 saturated heterocycles. The van der Waals surface area contributed by atoms with Gasteiger partial charge in [0, 0.05) is 37.4 Å². The van der Waals surface area contributed by atoms with E-state index in [0.29, 0.717) is 0 Å². The molecule has 1 aromatic rings. The molecule has 7 rings (SSSR count). The Labute approximate surface area is 148 Å². The average molecular weight is 342 g/mol. The predicted octanol–water partition coefficient (Wildman–Crippen LogP) is 1.57. The number of quaternary nitrogens is 1. The molecule has 10 atom stereocenters. The van der Waals surface area contributed by atoms with Gasteiger partial charge >= 0.3 is 0 Å². The zero-order chi connectivity index (χ0) is 17.3. The maximum absolute atomic E-state index is 14.1. The van der Waals surface area contributed by atoms with Crippen LogP contribution in [0.3, 0.4) is 0 Å². The SMILES string of the molecule is CC[C@H]1[C@@H]2C[C@H]3[C@@H]4N(C)c5ccccc5[C@]45C[C@@H](C2C5O)[N+]3([O-])[C@@H]1O. The highest BCUT2D eigenvalue weighted by Gasteiger charge is 2.81. The number of rotatable bonds is 1. The third-order valence-corrected chi connectivity index (χ3v) is 8.84. The van der Waals surface area contributed by atoms with E-state index in [4.69, 9.17) is 0 Å². The molecule has 5 nitrogen and oxygen atoms in total. The number of aliphatic hydroxyl groups excluding tert-OH is 2. The van der Waals surface area contributed by atoms with Crippen LogP contribution in [0.4, 0.5) is 5.69 Å². The van der Waals surface area contributed by atoms with Crippen molar-refractivity contribution in [2.45, 2.75) is 62.1 Å². The zero-order valence-corrected chi connectivity index (χ0v) is 14.7. The van der Waals surface area contributed by atoms with E-state index in [9.17, 15) is 15.4 Å². The summed E-state index contributed by atoms with van der Waals surface area (Å²) in [6.45, 7) is 2.07. The fourth-order valence-electron chi connectivity index (χ4n) is 8.17. The van der Waals surface area contributed by atoms with E-state index < -0.39 is 17.0 Å². The molecule has 0 aromatic heterocycles. The summed E-state index contributed by atoms with van der Waals surface area (Å²) in [5.41, 5.74) is 2.06. The number of para-hydroxylation sites is 1. The lowest BCUT2D eigenvalue weighted by atomic mass is 9.62. The second-order valence-electron chi connectivity index (χ2n) is 9.12. The van der Waals surface area contributed by atoms with E-state index in [1.165, 1.54) is 5.56 Å². The van der Waals surface area contributed by atoms with Gasteiger partial charge in [0.05, 0.1) is 23.6 Å². The number of anilines is 1. The van der Waals surface area contributed by atoms with Crippen LogP contribution in [0.15, 0.2) is 24.3 Å². The van der Waals surface area contributed by atoms with Crippen LogP contribution in [0.1, 0.15) is 31.7 Å². The van der Waals surface area contributed by atoms with Gasteiger partial charge in [0.15, 0.2) is 6.23 Å². The number of nitrogens with zero attached hydrogens (tertiary/aromatic N) is 2. The van der Waals surface area contributed by atoms with Crippen molar-refractivity contribution >= 4 is 5.69 Å². The first-order valence-corrected chi connectivity index (χ1v) is 9.75. The average Bonchev–Trinajstić information content (AvgIpc) is 2.99. The normalized spacial score (nSPS) is 57.1. The summed E-state index contributed by atoms with van der Waals surface area (Å²) in [4.78, 5) is 2.24. The van der Waals surface area contributed by atoms with Crippen molar-refractivity contribution < 1.29 is 14.9 Å². The smallest absolute Gasteiger partial charge is 0.193 e. The van der Waals surface area contributed by atoms with Crippen LogP contribution in [0, 0.1) is 23.0 Å². The molecule has 1 spiro atoms. The summed E-state index contributed by atoms with van der Waals surface area (Å²) in [7, 11) is 2.07. The summed E-state index contributed by atoms with van der Waals surface area (Å²) in [6, 6.07) is 8.08. The number of benzene rings is 1. The predicted molar refractivity (Wildman–Crippen MR) is 93.5 cm³/mol. The number of hydrogen-bond acceptors (Lipinski definition) is 4. The van der Waals surface area contributed by atoms with Crippen LogP contribution in [0.2, 0.25) is 0 Å². The van der Waals surface area contributed by atoms with Crippen LogP contribution in [0.25, 0.3) is 0 Å². The number of hydroxylamine groups is 3. The van der Waals surface area contributed by atoms with Gasteiger partial charge in [-0.1, -0.05) is 25.1 Å². The lowest BCUT2D eigenvalue weighted by Crippen LogP contribution is -2.80. The van der Waals surface area contributed by atoms with Gasteiger partial charge in [0.25, 0.3) is 0 Å². The Morgan fingerprint density at radius 1 is 1.28 bits per heavy atom. The Morgan fingerprint density at radius 2 is 2.04 bits per heavy atom. The molecule has 5 aliphatic heterocycles. The molecule has 1 aromatic carbocycles. The Morgan fingerprint density at radius 3 is 2.80 bits per heavy atom. The van der Waals surface area contributed by atoms with Gasteiger partial charge in [-0.3, -0.25) is 0 Å². The molecule has 5 heterocycles. The Kier molecular flexibility index (Phi) is 2.53. The highest BCUT2D eigenvalue weighted by Crippen LogP contribution is 2.71. The van der Waals surface area contributed by atoms with Gasteiger partial charge in [-0.15, -0.1) is 0 Å².